The predicted octanol–water partition coefficient (Wildman–Crippen LogP) is -0.0649. The zero-order valence-electron chi connectivity index (χ0n) is 5.07. The lowest BCUT2D eigenvalue weighted by Gasteiger charge is -1.88. The Morgan fingerprint density at radius 2 is 2.40 bits per heavy atom. The van der Waals surface area contributed by atoms with Gasteiger partial charge in [0.1, 0.15) is 5.52 Å². The first-order valence-corrected chi connectivity index (χ1v) is 2.78. The highest BCUT2D eigenvalue weighted by molar-refractivity contribution is 5.81. The number of H-pyrrole nitrogens is 1. The normalized spacial score (nSPS) is 10.4. The summed E-state index contributed by atoms with van der Waals surface area (Å²) in [6.07, 6.45) is 3.01. The molecule has 2 rings (SSSR count). The van der Waals surface area contributed by atoms with E-state index in [1.165, 1.54) is 12.5 Å². The number of nitrogens with two attached hydrogens (primary N) is 1. The van der Waals surface area contributed by atoms with Gasteiger partial charge in [0.15, 0.2) is 5.65 Å². The molecule has 0 unspecified atom stereocenters. The molecule has 0 radical (unpaired) electrons. The molecule has 10 heavy (non-hydrogen) atoms. The highest BCUT2D eigenvalue weighted by Gasteiger charge is 1.99. The SMILES string of the molecule is Nc1cnnc2[nH]cnc12. The fourth-order valence-corrected chi connectivity index (χ4v) is 0.785. The molecule has 50 valence electrons. The Morgan fingerprint density at radius 1 is 1.50 bits per heavy atom. The van der Waals surface area contributed by atoms with Crippen LogP contribution in [0, 0.1) is 0 Å². The van der Waals surface area contributed by atoms with E-state index in [4.69, 9.17) is 5.73 Å². The van der Waals surface area contributed by atoms with E-state index in [2.05, 4.69) is 20.2 Å². The average molecular weight is 135 g/mol. The number of aromatic amines is 1. The number of nitrogens with one attached hydrogen (secondary N) is 1. The standard InChI is InChI=1S/C5H5N5/c6-3-1-9-10-5-4(3)7-2-8-5/h1-2H,(H3,6,7,8,10). The van der Waals surface area contributed by atoms with Gasteiger partial charge >= 0.3 is 0 Å². The molecule has 3 N–H and O–H groups in total. The van der Waals surface area contributed by atoms with Crippen LogP contribution in [0.25, 0.3) is 11.2 Å². The number of hydrogen-bond donors (Lipinski definition) is 2. The third-order valence-electron chi connectivity index (χ3n) is 1.25. The van der Waals surface area contributed by atoms with Crippen LogP contribution in [-0.4, -0.2) is 20.2 Å². The van der Waals surface area contributed by atoms with Crippen LogP contribution in [0.15, 0.2) is 12.5 Å². The van der Waals surface area contributed by atoms with Crippen molar-refractivity contribution in [2.24, 2.45) is 0 Å². The number of anilines is 1. The van der Waals surface area contributed by atoms with Crippen LogP contribution >= 0.6 is 0 Å². The lowest BCUT2D eigenvalue weighted by molar-refractivity contribution is 1.06. The van der Waals surface area contributed by atoms with Crippen molar-refractivity contribution in [3.63, 3.8) is 0 Å². The molecule has 0 aliphatic rings. The van der Waals surface area contributed by atoms with Crippen molar-refractivity contribution >= 4 is 16.9 Å². The molecule has 0 saturated heterocycles. The first-order chi connectivity index (χ1) is 4.88. The van der Waals surface area contributed by atoms with Gasteiger partial charge in [0.2, 0.25) is 0 Å². The second-order valence-electron chi connectivity index (χ2n) is 1.90. The van der Waals surface area contributed by atoms with Crippen LogP contribution in [0.4, 0.5) is 5.69 Å². The van der Waals surface area contributed by atoms with Gasteiger partial charge in [-0.3, -0.25) is 0 Å². The van der Waals surface area contributed by atoms with Crippen molar-refractivity contribution in [2.75, 3.05) is 5.73 Å². The number of rotatable bonds is 0. The van der Waals surface area contributed by atoms with Gasteiger partial charge < -0.3 is 10.7 Å². The first-order valence-electron chi connectivity index (χ1n) is 2.78. The van der Waals surface area contributed by atoms with Crippen molar-refractivity contribution in [2.45, 2.75) is 0 Å². The Hall–Kier alpha value is -1.65. The molecule has 0 aliphatic heterocycles. The summed E-state index contributed by atoms with van der Waals surface area (Å²) >= 11 is 0. The summed E-state index contributed by atoms with van der Waals surface area (Å²) < 4.78 is 0. The van der Waals surface area contributed by atoms with E-state index in [-0.39, 0.29) is 0 Å². The fraction of sp³-hybridized carbons (Fsp3) is 0. The molecule has 0 saturated carbocycles. The largest absolute Gasteiger partial charge is 0.396 e. The summed E-state index contributed by atoms with van der Waals surface area (Å²) in [6.45, 7) is 0. The molecule has 2 heterocycles. The number of fused-ring (bicyclic) bond motifs is 1. The summed E-state index contributed by atoms with van der Waals surface area (Å²) in [6, 6.07) is 0. The van der Waals surface area contributed by atoms with Gasteiger partial charge in [-0.05, 0) is 0 Å². The molecule has 0 atom stereocenters. The van der Waals surface area contributed by atoms with Crippen molar-refractivity contribution in [1.29, 1.82) is 0 Å². The van der Waals surface area contributed by atoms with Gasteiger partial charge in [0, 0.05) is 0 Å². The molecule has 5 heteroatoms. The fourth-order valence-electron chi connectivity index (χ4n) is 0.785. The van der Waals surface area contributed by atoms with Crippen molar-refractivity contribution in [1.82, 2.24) is 20.2 Å². The van der Waals surface area contributed by atoms with Gasteiger partial charge in [0.25, 0.3) is 0 Å². The number of imidazole rings is 1. The molecule has 0 bridgehead atoms. The van der Waals surface area contributed by atoms with Gasteiger partial charge in [-0.25, -0.2) is 4.98 Å². The number of hydrogen-bond acceptors (Lipinski definition) is 4. The van der Waals surface area contributed by atoms with Crippen LogP contribution in [-0.2, 0) is 0 Å². The molecule has 5 nitrogen and oxygen atoms in total. The molecule has 0 spiro atoms. The van der Waals surface area contributed by atoms with E-state index in [0.29, 0.717) is 16.9 Å². The second-order valence-corrected chi connectivity index (χ2v) is 1.90. The van der Waals surface area contributed by atoms with Crippen LogP contribution in [0.1, 0.15) is 0 Å². The third-order valence-corrected chi connectivity index (χ3v) is 1.25. The second kappa shape index (κ2) is 1.66. The smallest absolute Gasteiger partial charge is 0.181 e. The first kappa shape index (κ1) is 5.16. The van der Waals surface area contributed by atoms with Crippen molar-refractivity contribution in [3.05, 3.63) is 12.5 Å². The lowest BCUT2D eigenvalue weighted by atomic mass is 10.4. The Kier molecular flexibility index (Phi) is 0.858. The Labute approximate surface area is 56.3 Å². The maximum atomic E-state index is 5.52. The van der Waals surface area contributed by atoms with E-state index in [1.54, 1.807) is 0 Å². The maximum absolute atomic E-state index is 5.52. The molecule has 0 aromatic carbocycles. The Morgan fingerprint density at radius 3 is 3.20 bits per heavy atom. The molecule has 0 fully saturated rings. The maximum Gasteiger partial charge on any atom is 0.181 e. The molecule has 0 amide bonds. The highest BCUT2D eigenvalue weighted by Crippen LogP contribution is 2.10. The quantitative estimate of drug-likeness (QED) is 0.530. The highest BCUT2D eigenvalue weighted by atomic mass is 15.1. The van der Waals surface area contributed by atoms with Crippen LogP contribution in [0.2, 0.25) is 0 Å². The van der Waals surface area contributed by atoms with Crippen LogP contribution in [0.5, 0.6) is 0 Å². The monoisotopic (exact) mass is 135 g/mol. The van der Waals surface area contributed by atoms with Gasteiger partial charge in [0.05, 0.1) is 18.2 Å². The number of nitrogen functional groups attached to an aromatic ring is 1. The topological polar surface area (TPSA) is 80.5 Å². The van der Waals surface area contributed by atoms with Crippen molar-refractivity contribution < 1.29 is 0 Å². The predicted molar refractivity (Wildman–Crippen MR) is 36.1 cm³/mol. The van der Waals surface area contributed by atoms with Gasteiger partial charge in [-0.2, -0.15) is 5.10 Å². The van der Waals surface area contributed by atoms with Crippen LogP contribution in [0.3, 0.4) is 0 Å². The zero-order chi connectivity index (χ0) is 6.97. The van der Waals surface area contributed by atoms with E-state index in [0.717, 1.165) is 0 Å². The van der Waals surface area contributed by atoms with E-state index in [1.807, 2.05) is 0 Å². The van der Waals surface area contributed by atoms with Crippen LogP contribution < -0.4 is 5.73 Å². The minimum Gasteiger partial charge on any atom is -0.396 e. The molecule has 2 aromatic rings. The molecular formula is C5H5N5. The summed E-state index contributed by atoms with van der Waals surface area (Å²) in [5.41, 5.74) is 7.36. The van der Waals surface area contributed by atoms with Gasteiger partial charge in [-0.15, -0.1) is 5.10 Å². The molecular weight excluding hydrogens is 130 g/mol. The Bertz CT molecular complexity index is 352. The Balaban J connectivity index is 2.95. The third kappa shape index (κ3) is 0.540. The minimum absolute atomic E-state index is 0.547. The van der Waals surface area contributed by atoms with E-state index < -0.39 is 0 Å². The van der Waals surface area contributed by atoms with Gasteiger partial charge in [-0.1, -0.05) is 0 Å². The molecule has 2 aromatic heterocycles. The van der Waals surface area contributed by atoms with Crippen molar-refractivity contribution in [3.8, 4) is 0 Å². The minimum atomic E-state index is 0.547. The average Bonchev–Trinajstić information content (AvgIpc) is 2.36. The summed E-state index contributed by atoms with van der Waals surface area (Å²) in [5, 5.41) is 7.39. The summed E-state index contributed by atoms with van der Waals surface area (Å²) in [5.74, 6) is 0. The summed E-state index contributed by atoms with van der Waals surface area (Å²) in [4.78, 5) is 6.73. The lowest BCUT2D eigenvalue weighted by Crippen LogP contribution is -1.90. The number of nitrogens with zero attached hydrogens (tertiary/aromatic N) is 3. The number of aromatic nitrogens is 4. The molecule has 0 aliphatic carbocycles. The van der Waals surface area contributed by atoms with E-state index in [9.17, 15) is 0 Å². The zero-order valence-corrected chi connectivity index (χ0v) is 5.07. The summed E-state index contributed by atoms with van der Waals surface area (Å²) in [7, 11) is 0. The van der Waals surface area contributed by atoms with E-state index >= 15 is 0 Å².